The largest absolute Gasteiger partial charge is 0.381 e. The molecule has 2 heteroatoms. The quantitative estimate of drug-likeness (QED) is 0.453. The molecule has 0 amide bonds. The van der Waals surface area contributed by atoms with E-state index in [1.165, 1.54) is 5.56 Å². The van der Waals surface area contributed by atoms with Gasteiger partial charge in [-0.25, -0.2) is 0 Å². The molecule has 1 atom stereocenters. The van der Waals surface area contributed by atoms with Gasteiger partial charge < -0.3 is 4.74 Å². The molecule has 0 radical (unpaired) electrons. The van der Waals surface area contributed by atoms with Crippen LogP contribution in [0.4, 0.5) is 0 Å². The topological polar surface area (TPSA) is 26.3 Å². The molecule has 1 unspecified atom stereocenters. The fraction of sp³-hybridized carbons (Fsp3) is 0.611. The van der Waals surface area contributed by atoms with E-state index in [2.05, 4.69) is 13.8 Å². The molecule has 0 aliphatic carbocycles. The highest BCUT2D eigenvalue weighted by Crippen LogP contribution is 2.19. The Hall–Kier alpha value is -1.15. The number of ketones is 1. The fourth-order valence-corrected chi connectivity index (χ4v) is 2.32. The van der Waals surface area contributed by atoms with Gasteiger partial charge in [0, 0.05) is 24.7 Å². The number of hydrogen-bond acceptors (Lipinski definition) is 2. The third kappa shape index (κ3) is 5.87. The van der Waals surface area contributed by atoms with Gasteiger partial charge in [-0.05, 0) is 32.6 Å². The maximum Gasteiger partial charge on any atom is 0.165 e. The molecule has 112 valence electrons. The van der Waals surface area contributed by atoms with E-state index < -0.39 is 0 Å². The lowest BCUT2D eigenvalue weighted by molar-refractivity contribution is 0.0900. The van der Waals surface area contributed by atoms with Gasteiger partial charge >= 0.3 is 0 Å². The first-order valence-corrected chi connectivity index (χ1v) is 7.87. The van der Waals surface area contributed by atoms with Crippen molar-refractivity contribution in [3.05, 3.63) is 35.4 Å². The zero-order chi connectivity index (χ0) is 14.8. The highest BCUT2D eigenvalue weighted by molar-refractivity contribution is 5.97. The second-order valence-electron chi connectivity index (χ2n) is 5.44. The Bertz CT molecular complexity index is 381. The van der Waals surface area contributed by atoms with Crippen molar-refractivity contribution >= 4 is 5.78 Å². The normalized spacial score (nSPS) is 12.3. The molecule has 0 spiro atoms. The number of aryl methyl sites for hydroxylation is 1. The summed E-state index contributed by atoms with van der Waals surface area (Å²) in [5.74, 6) is 0.450. The molecule has 1 aromatic rings. The first-order chi connectivity index (χ1) is 9.69. The van der Waals surface area contributed by atoms with Crippen LogP contribution in [0.25, 0.3) is 0 Å². The van der Waals surface area contributed by atoms with E-state index >= 15 is 0 Å². The lowest BCUT2D eigenvalue weighted by atomic mass is 9.90. The highest BCUT2D eigenvalue weighted by Gasteiger charge is 2.17. The minimum Gasteiger partial charge on any atom is -0.381 e. The Kier molecular flexibility index (Phi) is 8.20. The average Bonchev–Trinajstić information content (AvgIpc) is 2.47. The zero-order valence-corrected chi connectivity index (χ0v) is 13.2. The molecule has 0 heterocycles. The number of ether oxygens (including phenoxy) is 1. The molecule has 20 heavy (non-hydrogen) atoms. The van der Waals surface area contributed by atoms with Crippen molar-refractivity contribution in [2.45, 2.75) is 52.9 Å². The summed E-state index contributed by atoms with van der Waals surface area (Å²) >= 11 is 0. The molecule has 0 saturated heterocycles. The summed E-state index contributed by atoms with van der Waals surface area (Å²) in [6, 6.07) is 7.92. The van der Waals surface area contributed by atoms with Gasteiger partial charge in [0.15, 0.2) is 5.78 Å². The van der Waals surface area contributed by atoms with Gasteiger partial charge in [-0.1, -0.05) is 50.1 Å². The fourth-order valence-electron chi connectivity index (χ4n) is 2.32. The molecule has 0 aromatic heterocycles. The van der Waals surface area contributed by atoms with E-state index in [9.17, 15) is 4.79 Å². The van der Waals surface area contributed by atoms with Gasteiger partial charge in [0.1, 0.15) is 0 Å². The molecule has 0 aliphatic rings. The predicted molar refractivity (Wildman–Crippen MR) is 84.3 cm³/mol. The predicted octanol–water partition coefficient (Wildman–Crippen LogP) is 4.80. The van der Waals surface area contributed by atoms with E-state index in [4.69, 9.17) is 4.74 Å². The summed E-state index contributed by atoms with van der Waals surface area (Å²) in [5.41, 5.74) is 2.05. The van der Waals surface area contributed by atoms with Gasteiger partial charge in [0.05, 0.1) is 0 Å². The maximum absolute atomic E-state index is 12.4. The van der Waals surface area contributed by atoms with Crippen molar-refractivity contribution in [3.63, 3.8) is 0 Å². The summed E-state index contributed by atoms with van der Waals surface area (Å²) in [5, 5.41) is 0. The Morgan fingerprint density at radius 1 is 1.10 bits per heavy atom. The summed E-state index contributed by atoms with van der Waals surface area (Å²) in [4.78, 5) is 12.4. The summed E-state index contributed by atoms with van der Waals surface area (Å²) in [7, 11) is 0. The van der Waals surface area contributed by atoms with Gasteiger partial charge in [-0.15, -0.1) is 0 Å². The molecule has 0 bridgehead atoms. The van der Waals surface area contributed by atoms with Gasteiger partial charge in [0.25, 0.3) is 0 Å². The van der Waals surface area contributed by atoms with Gasteiger partial charge in [-0.2, -0.15) is 0 Å². The molecule has 1 aromatic carbocycles. The van der Waals surface area contributed by atoms with Gasteiger partial charge in [0.2, 0.25) is 0 Å². The standard InChI is InChI=1S/C18H28O2/c1-4-13-20-14-7-6-8-16(5-2)18(19)17-11-9-15(3)10-12-17/h9-12,16H,4-8,13-14H2,1-3H3. The van der Waals surface area contributed by atoms with E-state index in [0.717, 1.165) is 50.9 Å². The minimum atomic E-state index is 0.156. The molecule has 0 aliphatic heterocycles. The van der Waals surface area contributed by atoms with Crippen LogP contribution in [0.2, 0.25) is 0 Å². The van der Waals surface area contributed by atoms with Crippen LogP contribution in [0.1, 0.15) is 61.9 Å². The second-order valence-corrected chi connectivity index (χ2v) is 5.44. The van der Waals surface area contributed by atoms with Crippen LogP contribution in [-0.2, 0) is 4.74 Å². The van der Waals surface area contributed by atoms with Crippen molar-refractivity contribution < 1.29 is 9.53 Å². The Morgan fingerprint density at radius 2 is 1.80 bits per heavy atom. The molecular formula is C18H28O2. The monoisotopic (exact) mass is 276 g/mol. The smallest absolute Gasteiger partial charge is 0.165 e. The Morgan fingerprint density at radius 3 is 2.40 bits per heavy atom. The van der Waals surface area contributed by atoms with Crippen LogP contribution in [0.5, 0.6) is 0 Å². The molecular weight excluding hydrogens is 248 g/mol. The zero-order valence-electron chi connectivity index (χ0n) is 13.2. The number of carbonyl (C=O) groups excluding carboxylic acids is 1. The van der Waals surface area contributed by atoms with E-state index in [1.807, 2.05) is 31.2 Å². The van der Waals surface area contributed by atoms with Crippen LogP contribution in [0.15, 0.2) is 24.3 Å². The molecule has 2 nitrogen and oxygen atoms in total. The minimum absolute atomic E-state index is 0.156. The van der Waals surface area contributed by atoms with Crippen molar-refractivity contribution in [3.8, 4) is 0 Å². The van der Waals surface area contributed by atoms with Crippen molar-refractivity contribution in [2.24, 2.45) is 5.92 Å². The van der Waals surface area contributed by atoms with E-state index in [0.29, 0.717) is 5.78 Å². The number of unbranched alkanes of at least 4 members (excludes halogenated alkanes) is 1. The molecule has 0 N–H and O–H groups in total. The van der Waals surface area contributed by atoms with Gasteiger partial charge in [-0.3, -0.25) is 4.79 Å². The van der Waals surface area contributed by atoms with Crippen LogP contribution in [0, 0.1) is 12.8 Å². The van der Waals surface area contributed by atoms with E-state index in [-0.39, 0.29) is 5.92 Å². The first-order valence-electron chi connectivity index (χ1n) is 7.87. The molecule has 1 rings (SSSR count). The molecule has 0 fully saturated rings. The van der Waals surface area contributed by atoms with Crippen LogP contribution in [-0.4, -0.2) is 19.0 Å². The summed E-state index contributed by atoms with van der Waals surface area (Å²) in [6.45, 7) is 7.93. The number of benzene rings is 1. The van der Waals surface area contributed by atoms with Crippen molar-refractivity contribution in [1.82, 2.24) is 0 Å². The Balaban J connectivity index is 2.37. The van der Waals surface area contributed by atoms with E-state index in [1.54, 1.807) is 0 Å². The Labute approximate surface area is 123 Å². The lowest BCUT2D eigenvalue weighted by Gasteiger charge is -2.14. The number of hydrogen-bond donors (Lipinski definition) is 0. The van der Waals surface area contributed by atoms with Crippen LogP contribution < -0.4 is 0 Å². The maximum atomic E-state index is 12.4. The SMILES string of the molecule is CCCOCCCCC(CC)C(=O)c1ccc(C)cc1. The second kappa shape index (κ2) is 9.71. The average molecular weight is 276 g/mol. The number of carbonyl (C=O) groups is 1. The van der Waals surface area contributed by atoms with Crippen LogP contribution in [0.3, 0.4) is 0 Å². The third-order valence-electron chi connectivity index (χ3n) is 3.64. The van der Waals surface area contributed by atoms with Crippen LogP contribution >= 0.6 is 0 Å². The number of Topliss-reactive ketones (excluding diaryl/α,β-unsaturated/α-hetero) is 1. The lowest BCUT2D eigenvalue weighted by Crippen LogP contribution is -2.14. The van der Waals surface area contributed by atoms with Crippen molar-refractivity contribution in [2.75, 3.05) is 13.2 Å². The summed E-state index contributed by atoms with van der Waals surface area (Å²) in [6.07, 6.45) is 5.09. The summed E-state index contributed by atoms with van der Waals surface area (Å²) < 4.78 is 5.47. The third-order valence-corrected chi connectivity index (χ3v) is 3.64. The highest BCUT2D eigenvalue weighted by atomic mass is 16.5. The first kappa shape index (κ1) is 16.9. The van der Waals surface area contributed by atoms with Crippen molar-refractivity contribution in [1.29, 1.82) is 0 Å². The number of rotatable bonds is 10. The molecule has 0 saturated carbocycles.